The van der Waals surface area contributed by atoms with Crippen LogP contribution in [0.4, 0.5) is 0 Å². The normalized spacial score (nSPS) is 19.4. The number of carbonyl (C=O) groups is 1. The lowest BCUT2D eigenvalue weighted by Gasteiger charge is -2.38. The lowest BCUT2D eigenvalue weighted by molar-refractivity contribution is 0.0697. The molecule has 0 saturated carbocycles. The molecule has 0 spiro atoms. The quantitative estimate of drug-likeness (QED) is 0.425. The first-order chi connectivity index (χ1) is 18.5. The minimum Gasteiger partial charge on any atom is -0.478 e. The Balaban J connectivity index is 1.20. The van der Waals surface area contributed by atoms with Crippen molar-refractivity contribution in [3.8, 4) is 11.6 Å². The number of amidine groups is 1. The van der Waals surface area contributed by atoms with Gasteiger partial charge in [-0.3, -0.25) is 4.90 Å². The van der Waals surface area contributed by atoms with E-state index in [0.29, 0.717) is 30.3 Å². The fourth-order valence-electron chi connectivity index (χ4n) is 5.11. The van der Waals surface area contributed by atoms with Gasteiger partial charge in [-0.15, -0.1) is 0 Å². The summed E-state index contributed by atoms with van der Waals surface area (Å²) in [5.74, 6) is 0.0685. The van der Waals surface area contributed by atoms with Crippen molar-refractivity contribution in [2.75, 3.05) is 26.8 Å². The molecule has 9 heteroatoms. The average Bonchev–Trinajstić information content (AvgIpc) is 3.35. The number of piperidine rings is 1. The number of aryl methyl sites for hydroxylation is 1. The van der Waals surface area contributed by atoms with E-state index in [-0.39, 0.29) is 11.6 Å². The third-order valence-corrected chi connectivity index (χ3v) is 7.12. The highest BCUT2D eigenvalue weighted by atomic mass is 16.6. The number of pyridine rings is 1. The van der Waals surface area contributed by atoms with Gasteiger partial charge in [0.25, 0.3) is 0 Å². The van der Waals surface area contributed by atoms with E-state index in [9.17, 15) is 4.79 Å². The van der Waals surface area contributed by atoms with Crippen molar-refractivity contribution in [3.63, 3.8) is 0 Å². The van der Waals surface area contributed by atoms with Crippen LogP contribution in [0.25, 0.3) is 0 Å². The fraction of sp³-hybridized carbons (Fsp3) is 0.345. The minimum absolute atomic E-state index is 0.126. The van der Waals surface area contributed by atoms with Gasteiger partial charge in [-0.2, -0.15) is 0 Å². The Kier molecular flexibility index (Phi) is 7.74. The summed E-state index contributed by atoms with van der Waals surface area (Å²) in [6.45, 7) is 5.28. The van der Waals surface area contributed by atoms with Gasteiger partial charge in [-0.25, -0.2) is 9.78 Å². The molecule has 2 aromatic carbocycles. The van der Waals surface area contributed by atoms with Gasteiger partial charge in [0.15, 0.2) is 0 Å². The van der Waals surface area contributed by atoms with E-state index in [1.165, 1.54) is 17.7 Å². The van der Waals surface area contributed by atoms with E-state index in [1.54, 1.807) is 19.2 Å². The number of ether oxygens (including phenoxy) is 2. The molecule has 198 valence electrons. The van der Waals surface area contributed by atoms with Crippen LogP contribution in [0.3, 0.4) is 0 Å². The number of hydrogen-bond donors (Lipinski definition) is 1. The Morgan fingerprint density at radius 1 is 1.08 bits per heavy atom. The van der Waals surface area contributed by atoms with Crippen LogP contribution >= 0.6 is 0 Å². The second-order valence-corrected chi connectivity index (χ2v) is 9.53. The van der Waals surface area contributed by atoms with Crippen LogP contribution in [-0.4, -0.2) is 64.7 Å². The van der Waals surface area contributed by atoms with Crippen molar-refractivity contribution in [2.24, 2.45) is 5.16 Å². The minimum atomic E-state index is -0.966. The van der Waals surface area contributed by atoms with Crippen LogP contribution < -0.4 is 4.74 Å². The highest BCUT2D eigenvalue weighted by Gasteiger charge is 2.39. The number of nitrogens with zero attached hydrogens (tertiary/aromatic N) is 4. The van der Waals surface area contributed by atoms with Gasteiger partial charge in [-0.05, 0) is 60.3 Å². The average molecular weight is 517 g/mol. The Morgan fingerprint density at radius 3 is 2.47 bits per heavy atom. The molecule has 3 heterocycles. The number of rotatable bonds is 8. The van der Waals surface area contributed by atoms with E-state index in [1.807, 2.05) is 19.1 Å². The number of carboxylic acids is 1. The predicted octanol–water partition coefficient (Wildman–Crippen LogP) is 4.84. The van der Waals surface area contributed by atoms with Gasteiger partial charge in [0.1, 0.15) is 19.5 Å². The lowest BCUT2D eigenvalue weighted by atomic mass is 9.98. The number of aromatic carboxylic acids is 1. The standard InChI is InChI=1S/C29H32N4O5/c1-20-23(10-13-27(30-20)38-25-11-8-22(9-12-25)28(34)35)18-32-16-14-24(15-17-32)33-26(19-37-29(33)31-36-2)21-6-4-3-5-7-21/h3-13,24,26H,14-19H2,1-2H3,(H,34,35)/t26-/m0/s1. The largest absolute Gasteiger partial charge is 0.478 e. The summed E-state index contributed by atoms with van der Waals surface area (Å²) in [6, 6.07) is 21.6. The van der Waals surface area contributed by atoms with Crippen molar-refractivity contribution < 1.29 is 24.2 Å². The monoisotopic (exact) mass is 516 g/mol. The third-order valence-electron chi connectivity index (χ3n) is 7.12. The molecule has 5 rings (SSSR count). The Labute approximate surface area is 222 Å². The summed E-state index contributed by atoms with van der Waals surface area (Å²) in [4.78, 5) is 25.5. The molecule has 0 aliphatic carbocycles. The molecule has 3 aromatic rings. The molecular weight excluding hydrogens is 484 g/mol. The summed E-state index contributed by atoms with van der Waals surface area (Å²) in [5.41, 5.74) is 3.51. The SMILES string of the molecule is CON=C1OC[C@@H](c2ccccc2)N1C1CCN(Cc2ccc(Oc3ccc(C(=O)O)cc3)nc2C)CC1. The second kappa shape index (κ2) is 11.5. The van der Waals surface area contributed by atoms with Crippen molar-refractivity contribution in [2.45, 2.75) is 38.4 Å². The van der Waals surface area contributed by atoms with E-state index in [4.69, 9.17) is 19.4 Å². The molecule has 1 atom stereocenters. The summed E-state index contributed by atoms with van der Waals surface area (Å²) in [6.07, 6.45) is 1.99. The zero-order valence-electron chi connectivity index (χ0n) is 21.6. The highest BCUT2D eigenvalue weighted by Crippen LogP contribution is 2.33. The maximum Gasteiger partial charge on any atom is 0.335 e. The molecular formula is C29H32N4O5. The van der Waals surface area contributed by atoms with E-state index < -0.39 is 5.97 Å². The van der Waals surface area contributed by atoms with Crippen molar-refractivity contribution in [1.29, 1.82) is 0 Å². The number of aromatic nitrogens is 1. The zero-order chi connectivity index (χ0) is 26.5. The summed E-state index contributed by atoms with van der Waals surface area (Å²) >= 11 is 0. The van der Waals surface area contributed by atoms with Crippen molar-refractivity contribution in [1.82, 2.24) is 14.8 Å². The van der Waals surface area contributed by atoms with Crippen LogP contribution in [0.2, 0.25) is 0 Å². The van der Waals surface area contributed by atoms with Crippen molar-refractivity contribution in [3.05, 3.63) is 89.1 Å². The van der Waals surface area contributed by atoms with Crippen LogP contribution in [-0.2, 0) is 16.1 Å². The topological polar surface area (TPSA) is 96.7 Å². The van der Waals surface area contributed by atoms with Crippen LogP contribution in [0, 0.1) is 6.92 Å². The van der Waals surface area contributed by atoms with Gasteiger partial charge < -0.3 is 24.3 Å². The highest BCUT2D eigenvalue weighted by molar-refractivity contribution is 5.87. The number of hydrogen-bond acceptors (Lipinski definition) is 7. The van der Waals surface area contributed by atoms with Gasteiger partial charge in [-0.1, -0.05) is 36.4 Å². The molecule has 0 amide bonds. The van der Waals surface area contributed by atoms with Crippen LogP contribution in [0.5, 0.6) is 11.6 Å². The molecule has 1 N–H and O–H groups in total. The summed E-state index contributed by atoms with van der Waals surface area (Å²) < 4.78 is 11.8. The lowest BCUT2D eigenvalue weighted by Crippen LogP contribution is -2.46. The van der Waals surface area contributed by atoms with Crippen LogP contribution in [0.15, 0.2) is 71.9 Å². The van der Waals surface area contributed by atoms with Gasteiger partial charge in [0, 0.05) is 37.4 Å². The maximum atomic E-state index is 11.0. The predicted molar refractivity (Wildman–Crippen MR) is 142 cm³/mol. The second-order valence-electron chi connectivity index (χ2n) is 9.53. The third kappa shape index (κ3) is 5.73. The molecule has 9 nitrogen and oxygen atoms in total. The molecule has 2 fully saturated rings. The number of likely N-dealkylation sites (tertiary alicyclic amines) is 1. The first-order valence-electron chi connectivity index (χ1n) is 12.8. The van der Waals surface area contributed by atoms with Crippen molar-refractivity contribution >= 4 is 12.0 Å². The maximum absolute atomic E-state index is 11.0. The van der Waals surface area contributed by atoms with Gasteiger partial charge >= 0.3 is 12.0 Å². The molecule has 38 heavy (non-hydrogen) atoms. The zero-order valence-corrected chi connectivity index (χ0v) is 21.6. The first-order valence-corrected chi connectivity index (χ1v) is 12.8. The summed E-state index contributed by atoms with van der Waals surface area (Å²) in [5, 5.41) is 13.2. The smallest absolute Gasteiger partial charge is 0.335 e. The Bertz CT molecular complexity index is 1270. The number of oxime groups is 1. The Hall–Kier alpha value is -4.11. The molecule has 0 bridgehead atoms. The molecule has 1 aromatic heterocycles. The molecule has 0 radical (unpaired) electrons. The van der Waals surface area contributed by atoms with E-state index in [2.05, 4.69) is 50.3 Å². The van der Waals surface area contributed by atoms with Crippen LogP contribution in [0.1, 0.15) is 46.1 Å². The number of carboxylic acid groups (broad SMARTS) is 1. The molecule has 2 aliphatic rings. The van der Waals surface area contributed by atoms with Gasteiger partial charge in [0.2, 0.25) is 5.88 Å². The van der Waals surface area contributed by atoms with E-state index >= 15 is 0 Å². The summed E-state index contributed by atoms with van der Waals surface area (Å²) in [7, 11) is 1.55. The molecule has 2 saturated heterocycles. The number of benzene rings is 2. The van der Waals surface area contributed by atoms with E-state index in [0.717, 1.165) is 43.7 Å². The Morgan fingerprint density at radius 2 is 1.82 bits per heavy atom. The first kappa shape index (κ1) is 25.5. The fourth-order valence-corrected chi connectivity index (χ4v) is 5.11. The van der Waals surface area contributed by atoms with Gasteiger partial charge in [0.05, 0.1) is 11.6 Å². The molecule has 2 aliphatic heterocycles. The molecule has 0 unspecified atom stereocenters.